The van der Waals surface area contributed by atoms with E-state index in [4.69, 9.17) is 40.1 Å². The number of carboxylic acids is 1. The van der Waals surface area contributed by atoms with Crippen molar-refractivity contribution >= 4 is 76.3 Å². The highest BCUT2D eigenvalue weighted by atomic mass is 16.4. The molecule has 25 heteroatoms. The lowest BCUT2D eigenvalue weighted by molar-refractivity contribution is -0.143. The fourth-order valence-corrected chi connectivity index (χ4v) is 10.0. The second-order valence-electron chi connectivity index (χ2n) is 23.8. The third-order valence-electron chi connectivity index (χ3n) is 15.0. The molecule has 0 aliphatic carbocycles. The molecule has 1 aromatic carbocycles. The van der Waals surface area contributed by atoms with Gasteiger partial charge in [-0.3, -0.25) is 62.7 Å². The van der Waals surface area contributed by atoms with Crippen molar-refractivity contribution in [2.45, 2.75) is 195 Å². The molecule has 5 amide bonds. The Morgan fingerprint density at radius 3 is 1.38 bits per heavy atom. The zero-order valence-corrected chi connectivity index (χ0v) is 52.0. The van der Waals surface area contributed by atoms with Crippen LogP contribution in [-0.4, -0.2) is 132 Å². The molecule has 0 saturated carbocycles. The van der Waals surface area contributed by atoms with Gasteiger partial charge >= 0.3 is 5.97 Å². The van der Waals surface area contributed by atoms with Crippen molar-refractivity contribution in [1.82, 2.24) is 21.3 Å². The molecular weight excluding hydrogens is 1110 g/mol. The number of carbonyl (C=O) groups is 11. The van der Waals surface area contributed by atoms with E-state index in [0.29, 0.717) is 50.6 Å². The van der Waals surface area contributed by atoms with Gasteiger partial charge in [0.15, 0.2) is 35.1 Å². The number of carbonyl (C=O) groups excluding carboxylic acids is 10. The van der Waals surface area contributed by atoms with Crippen molar-refractivity contribution in [3.63, 3.8) is 0 Å². The molecule has 0 heterocycles. The Kier molecular flexibility index (Phi) is 37.4. The highest BCUT2D eigenvalue weighted by Gasteiger charge is 2.36. The summed E-state index contributed by atoms with van der Waals surface area (Å²) in [5, 5.41) is 21.0. The van der Waals surface area contributed by atoms with Crippen LogP contribution in [0.15, 0.2) is 40.3 Å². The first-order valence-corrected chi connectivity index (χ1v) is 30.4. The Hall–Kier alpha value is -7.15. The number of hydrogen-bond donors (Lipinski definition) is 12. The van der Waals surface area contributed by atoms with Gasteiger partial charge in [-0.05, 0) is 108 Å². The number of primary amides is 1. The van der Waals surface area contributed by atoms with E-state index in [1.807, 2.05) is 34.6 Å². The van der Waals surface area contributed by atoms with Gasteiger partial charge in [0.1, 0.15) is 5.78 Å². The smallest absolute Gasteiger partial charge is 0.304 e. The van der Waals surface area contributed by atoms with E-state index in [9.17, 15) is 57.8 Å². The molecule has 0 aromatic heterocycles. The molecule has 1 aromatic rings. The van der Waals surface area contributed by atoms with Gasteiger partial charge in [-0.25, -0.2) is 0 Å². The Morgan fingerprint density at radius 2 is 0.884 bits per heavy atom. The van der Waals surface area contributed by atoms with E-state index in [0.717, 1.165) is 0 Å². The number of hydrogen-bond acceptors (Lipinski definition) is 15. The minimum absolute atomic E-state index is 0.00301. The fraction of sp³-hybridized carbons (Fsp3) is 0.689. The van der Waals surface area contributed by atoms with Crippen LogP contribution in [0.25, 0.3) is 0 Å². The number of unbranched alkanes of at least 4 members (excludes halogenated alkanes) is 2. The number of aliphatic imine (C=N–C) groups is 2. The van der Waals surface area contributed by atoms with Crippen molar-refractivity contribution in [2.24, 2.45) is 97.5 Å². The van der Waals surface area contributed by atoms with Crippen LogP contribution in [0, 0.1) is 47.3 Å². The van der Waals surface area contributed by atoms with Gasteiger partial charge in [0.25, 0.3) is 0 Å². The summed E-state index contributed by atoms with van der Waals surface area (Å²) in [7, 11) is 0. The van der Waals surface area contributed by atoms with Crippen LogP contribution in [0.5, 0.6) is 0 Å². The van der Waals surface area contributed by atoms with Crippen LogP contribution in [0.4, 0.5) is 0 Å². The van der Waals surface area contributed by atoms with Crippen LogP contribution in [0.1, 0.15) is 170 Å². The second-order valence-corrected chi connectivity index (χ2v) is 23.8. The number of ketones is 5. The summed E-state index contributed by atoms with van der Waals surface area (Å²) in [4.78, 5) is 159. The number of aliphatic carboxylic acids is 1. The van der Waals surface area contributed by atoms with E-state index in [2.05, 4.69) is 31.3 Å². The highest BCUT2D eigenvalue weighted by molar-refractivity contribution is 5.99. The maximum absolute atomic E-state index is 14.7. The van der Waals surface area contributed by atoms with E-state index in [1.165, 1.54) is 6.92 Å². The molecule has 86 heavy (non-hydrogen) atoms. The van der Waals surface area contributed by atoms with E-state index < -0.39 is 132 Å². The van der Waals surface area contributed by atoms with Gasteiger partial charge in [0.2, 0.25) is 29.5 Å². The first-order chi connectivity index (χ1) is 40.5. The molecule has 0 bridgehead atoms. The highest BCUT2D eigenvalue weighted by Crippen LogP contribution is 2.24. The zero-order chi connectivity index (χ0) is 65.1. The van der Waals surface area contributed by atoms with Crippen molar-refractivity contribution < 1.29 is 57.8 Å². The molecule has 1 rings (SSSR count). The van der Waals surface area contributed by atoms with E-state index in [-0.39, 0.29) is 119 Å². The summed E-state index contributed by atoms with van der Waals surface area (Å²) in [6.45, 7) is 13.3. The molecule has 0 fully saturated rings. The van der Waals surface area contributed by atoms with E-state index >= 15 is 0 Å². The van der Waals surface area contributed by atoms with Crippen molar-refractivity contribution in [3.8, 4) is 0 Å². The Balaban J connectivity index is 3.63. The predicted octanol–water partition coefficient (Wildman–Crippen LogP) is 2.14. The number of carboxylic acid groups (broad SMARTS) is 1. The number of amides is 5. The summed E-state index contributed by atoms with van der Waals surface area (Å²) in [5.41, 5.74) is 39.8. The molecule has 484 valence electrons. The average Bonchev–Trinajstić information content (AvgIpc) is 3.27. The topological polar surface area (TPSA) is 463 Å². The predicted molar refractivity (Wildman–Crippen MR) is 330 cm³/mol. The lowest BCUT2D eigenvalue weighted by Crippen LogP contribution is -2.49. The number of rotatable bonds is 48. The van der Waals surface area contributed by atoms with Crippen LogP contribution < -0.4 is 61.4 Å². The van der Waals surface area contributed by atoms with Crippen LogP contribution in [0.2, 0.25) is 0 Å². The van der Waals surface area contributed by atoms with Gasteiger partial charge in [0, 0.05) is 74.8 Å². The normalized spacial score (nSPS) is 14.8. The zero-order valence-electron chi connectivity index (χ0n) is 52.0. The molecule has 0 spiro atoms. The number of nitrogens with one attached hydrogen (secondary N) is 4. The number of nitrogens with two attached hydrogens (primary N) is 7. The van der Waals surface area contributed by atoms with Crippen LogP contribution in [0.3, 0.4) is 0 Å². The summed E-state index contributed by atoms with van der Waals surface area (Å²) in [5.74, 6) is -12.9. The van der Waals surface area contributed by atoms with Crippen LogP contribution >= 0.6 is 0 Å². The summed E-state index contributed by atoms with van der Waals surface area (Å²) >= 11 is 0. The summed E-state index contributed by atoms with van der Waals surface area (Å²) < 4.78 is 0. The van der Waals surface area contributed by atoms with Gasteiger partial charge < -0.3 is 66.5 Å². The molecule has 0 aliphatic rings. The van der Waals surface area contributed by atoms with Crippen LogP contribution in [-0.2, 0) is 59.2 Å². The lowest BCUT2D eigenvalue weighted by Gasteiger charge is -2.27. The molecule has 10 atom stereocenters. The molecule has 0 aliphatic heterocycles. The Labute approximate surface area is 507 Å². The lowest BCUT2D eigenvalue weighted by atomic mass is 9.88. The Morgan fingerprint density at radius 1 is 0.442 bits per heavy atom. The molecular formula is C61H103N13O12. The maximum atomic E-state index is 14.7. The minimum Gasteiger partial charge on any atom is -0.481 e. The monoisotopic (exact) mass is 1210 g/mol. The third kappa shape index (κ3) is 32.4. The standard InChI is InChI=1S/C61H103N13O12/c1-36(2)27-38(5)49(75)29-39(6)56(83)73-47(28-37(3)4)53(79)34-45(35-54(80)81)59(86)74-48(30-41-17-9-8-10-18-41)52(78)33-44(20-12-14-24-63)58(85)72-46(22-16-26-70-61(67)68)51(77)32-43(19-11-13-23-62)57(84)71-40(7)50(76)31-42(55(64)82)21-15-25-69-60(65)66/h8-10,17-18,36-40,42-48H,11-16,19-35,62-63H2,1-7H3,(H2,64,82)(H,71,84)(H,72,85)(H,73,83)(H,74,86)(H,80,81)(H4,65,66,69)(H4,67,68,70)/t38-,39-,40-,42-,43-,44-,45+,46-,47-,48-/m0/s1. The van der Waals surface area contributed by atoms with Gasteiger partial charge in [-0.1, -0.05) is 84.7 Å². The SMILES string of the molecule is CC(C)C[C@H](NC(=O)[C@@H](C)CC(=O)[C@@H](C)CC(C)C)C(=O)C[C@H](CC(=O)O)C(=O)N[C@@H](Cc1ccccc1)C(=O)C[C@H](CCCCN)C(=O)N[C@@H](CCCN=C(N)N)C(=O)C[C@H](CCCCN)C(=O)N[C@@H](C)C(=O)C[C@H](CCCN=C(N)N)C(N)=O. The largest absolute Gasteiger partial charge is 0.481 e. The molecule has 0 radical (unpaired) electrons. The van der Waals surface area contributed by atoms with Gasteiger partial charge in [-0.2, -0.15) is 0 Å². The first kappa shape index (κ1) is 76.9. The number of benzene rings is 1. The van der Waals surface area contributed by atoms with E-state index in [1.54, 1.807) is 37.3 Å². The number of Topliss-reactive ketones (excluding diaryl/α,β-unsaturated/α-hetero) is 5. The Bertz CT molecular complexity index is 2410. The molecule has 25 nitrogen and oxygen atoms in total. The number of guanidine groups is 2. The van der Waals surface area contributed by atoms with Gasteiger partial charge in [-0.15, -0.1) is 0 Å². The summed E-state index contributed by atoms with van der Waals surface area (Å²) in [6, 6.07) is 3.85. The maximum Gasteiger partial charge on any atom is 0.304 e. The van der Waals surface area contributed by atoms with Crippen molar-refractivity contribution in [3.05, 3.63) is 35.9 Å². The first-order valence-electron chi connectivity index (χ1n) is 30.4. The third-order valence-corrected chi connectivity index (χ3v) is 15.0. The minimum atomic E-state index is -1.50. The molecule has 0 unspecified atom stereocenters. The number of nitrogens with zero attached hydrogens (tertiary/aromatic N) is 2. The van der Waals surface area contributed by atoms with Gasteiger partial charge in [0.05, 0.1) is 36.5 Å². The fourth-order valence-electron chi connectivity index (χ4n) is 10.0. The molecule has 0 saturated heterocycles. The summed E-state index contributed by atoms with van der Waals surface area (Å²) in [6.07, 6.45) is 0.976. The average molecular weight is 1210 g/mol. The van der Waals surface area contributed by atoms with Crippen molar-refractivity contribution in [1.29, 1.82) is 0 Å². The van der Waals surface area contributed by atoms with Crippen molar-refractivity contribution in [2.75, 3.05) is 26.2 Å². The second kappa shape index (κ2) is 41.8. The quantitative estimate of drug-likeness (QED) is 0.0253. The molecule has 19 N–H and O–H groups in total.